The summed E-state index contributed by atoms with van der Waals surface area (Å²) >= 11 is 5.93. The number of benzene rings is 2. The fourth-order valence-corrected chi connectivity index (χ4v) is 4.17. The molecular formula is C23H22ClFN6O3. The number of urea groups is 1. The van der Waals surface area contributed by atoms with Gasteiger partial charge in [-0.25, -0.2) is 9.18 Å². The molecular weight excluding hydrogens is 463 g/mol. The van der Waals surface area contributed by atoms with Crippen LogP contribution in [0.2, 0.25) is 5.02 Å². The molecule has 1 atom stereocenters. The molecule has 176 valence electrons. The van der Waals surface area contributed by atoms with E-state index in [1.165, 1.54) is 29.3 Å². The smallest absolute Gasteiger partial charge is 0.322 e. The largest absolute Gasteiger partial charge is 0.396 e. The van der Waals surface area contributed by atoms with Gasteiger partial charge in [-0.3, -0.25) is 9.48 Å². The predicted molar refractivity (Wildman–Crippen MR) is 126 cm³/mol. The van der Waals surface area contributed by atoms with Crippen LogP contribution in [0.1, 0.15) is 34.1 Å². The molecule has 1 aliphatic heterocycles. The predicted octanol–water partition coefficient (Wildman–Crippen LogP) is 3.41. The number of primary amides is 1. The highest BCUT2D eigenvalue weighted by atomic mass is 35.5. The Labute approximate surface area is 199 Å². The quantitative estimate of drug-likeness (QED) is 0.398. The van der Waals surface area contributed by atoms with Crippen LogP contribution in [0.4, 0.5) is 14.9 Å². The molecule has 0 radical (unpaired) electrons. The molecule has 1 aromatic heterocycles. The minimum atomic E-state index is -0.746. The van der Waals surface area contributed by atoms with Crippen LogP contribution in [0.25, 0.3) is 11.3 Å². The van der Waals surface area contributed by atoms with Gasteiger partial charge in [0.25, 0.3) is 5.91 Å². The van der Waals surface area contributed by atoms with Gasteiger partial charge in [-0.1, -0.05) is 23.7 Å². The minimum Gasteiger partial charge on any atom is -0.396 e. The molecule has 0 spiro atoms. The number of hydrogen-bond donors (Lipinski definition) is 4. The Bertz CT molecular complexity index is 1260. The number of aliphatic hydroxyl groups excluding tert-OH is 1. The third-order valence-corrected chi connectivity index (χ3v) is 5.93. The SMILES string of the molecule is N=Cc1ccc(NC(=O)N2Cc3c(C(N)=O)c(-c4ccc(F)c(Cl)c4)nn3C(CCO)C2)cc1. The van der Waals surface area contributed by atoms with Crippen molar-refractivity contribution >= 4 is 35.4 Å². The summed E-state index contributed by atoms with van der Waals surface area (Å²) in [5.74, 6) is -1.35. The number of halogens is 2. The zero-order chi connectivity index (χ0) is 24.4. The fraction of sp³-hybridized carbons (Fsp3) is 0.217. The number of carbonyl (C=O) groups excluding carboxylic acids is 2. The maximum absolute atomic E-state index is 13.7. The Hall–Kier alpha value is -3.76. The van der Waals surface area contributed by atoms with Gasteiger partial charge < -0.3 is 26.5 Å². The Kier molecular flexibility index (Phi) is 6.62. The second-order valence-corrected chi connectivity index (χ2v) is 8.26. The van der Waals surface area contributed by atoms with E-state index in [2.05, 4.69) is 10.4 Å². The highest BCUT2D eigenvalue weighted by molar-refractivity contribution is 6.31. The first-order chi connectivity index (χ1) is 16.3. The zero-order valence-corrected chi connectivity index (χ0v) is 18.7. The minimum absolute atomic E-state index is 0.0482. The summed E-state index contributed by atoms with van der Waals surface area (Å²) in [4.78, 5) is 27.0. The van der Waals surface area contributed by atoms with Gasteiger partial charge >= 0.3 is 6.03 Å². The second kappa shape index (κ2) is 9.62. The van der Waals surface area contributed by atoms with Crippen molar-refractivity contribution in [1.82, 2.24) is 14.7 Å². The number of nitrogens with two attached hydrogens (primary N) is 1. The summed E-state index contributed by atoms with van der Waals surface area (Å²) in [5, 5.41) is 24.1. The van der Waals surface area contributed by atoms with Crippen molar-refractivity contribution in [2.45, 2.75) is 19.0 Å². The standard InChI is InChI=1S/C23H22ClFN6O3/c24-17-9-14(3-6-18(17)25)21-20(22(27)33)19-12-30(11-16(7-8-32)31(19)29-21)23(34)28-15-4-1-13(10-26)2-5-15/h1-6,9-10,16,26,32H,7-8,11-12H2,(H2,27,33)(H,28,34). The van der Waals surface area contributed by atoms with Gasteiger partial charge in [0.1, 0.15) is 11.5 Å². The molecule has 1 aliphatic rings. The number of hydrogen-bond acceptors (Lipinski definition) is 5. The molecule has 5 N–H and O–H groups in total. The van der Waals surface area contributed by atoms with Crippen LogP contribution in [0, 0.1) is 11.2 Å². The summed E-state index contributed by atoms with van der Waals surface area (Å²) in [5.41, 5.74) is 8.11. The van der Waals surface area contributed by atoms with Crippen LogP contribution in [0.5, 0.6) is 0 Å². The second-order valence-electron chi connectivity index (χ2n) is 7.85. The molecule has 2 aromatic carbocycles. The van der Waals surface area contributed by atoms with Gasteiger partial charge in [-0.15, -0.1) is 0 Å². The van der Waals surface area contributed by atoms with Crippen LogP contribution < -0.4 is 11.1 Å². The monoisotopic (exact) mass is 484 g/mol. The van der Waals surface area contributed by atoms with Crippen LogP contribution in [-0.4, -0.2) is 51.1 Å². The van der Waals surface area contributed by atoms with Gasteiger partial charge in [0.15, 0.2) is 0 Å². The number of amides is 3. The fourth-order valence-electron chi connectivity index (χ4n) is 3.99. The molecule has 0 aliphatic carbocycles. The summed E-state index contributed by atoms with van der Waals surface area (Å²) in [6.07, 6.45) is 1.49. The van der Waals surface area contributed by atoms with Gasteiger partial charge in [-0.05, 0) is 42.3 Å². The number of nitrogens with zero attached hydrogens (tertiary/aromatic N) is 3. The number of carbonyl (C=O) groups is 2. The Balaban J connectivity index is 1.70. The normalized spacial score (nSPS) is 15.0. The molecule has 0 fully saturated rings. The lowest BCUT2D eigenvalue weighted by Crippen LogP contribution is -2.44. The van der Waals surface area contributed by atoms with Crippen LogP contribution >= 0.6 is 11.6 Å². The summed E-state index contributed by atoms with van der Waals surface area (Å²) < 4.78 is 15.3. The molecule has 2 heterocycles. The lowest BCUT2D eigenvalue weighted by atomic mass is 10.0. The number of aliphatic hydroxyl groups is 1. The molecule has 34 heavy (non-hydrogen) atoms. The molecule has 9 nitrogen and oxygen atoms in total. The summed E-state index contributed by atoms with van der Waals surface area (Å²) in [6, 6.07) is 9.94. The molecule has 0 saturated carbocycles. The number of anilines is 1. The number of aromatic nitrogens is 2. The third-order valence-electron chi connectivity index (χ3n) is 5.64. The lowest BCUT2D eigenvalue weighted by Gasteiger charge is -2.34. The molecule has 4 rings (SSSR count). The Morgan fingerprint density at radius 2 is 2.03 bits per heavy atom. The van der Waals surface area contributed by atoms with Crippen molar-refractivity contribution < 1.29 is 19.1 Å². The highest BCUT2D eigenvalue weighted by Crippen LogP contribution is 2.34. The van der Waals surface area contributed by atoms with Crippen molar-refractivity contribution in [2.75, 3.05) is 18.5 Å². The van der Waals surface area contributed by atoms with E-state index in [0.29, 0.717) is 22.5 Å². The van der Waals surface area contributed by atoms with E-state index in [-0.39, 0.29) is 42.4 Å². The Morgan fingerprint density at radius 3 is 2.65 bits per heavy atom. The first kappa shape index (κ1) is 23.4. The molecule has 11 heteroatoms. The topological polar surface area (TPSA) is 137 Å². The highest BCUT2D eigenvalue weighted by Gasteiger charge is 2.34. The average Bonchev–Trinajstić information content (AvgIpc) is 3.21. The summed E-state index contributed by atoms with van der Waals surface area (Å²) in [6.45, 7) is 0.127. The average molecular weight is 485 g/mol. The zero-order valence-electron chi connectivity index (χ0n) is 18.0. The maximum Gasteiger partial charge on any atom is 0.322 e. The van der Waals surface area contributed by atoms with Gasteiger partial charge in [0.2, 0.25) is 0 Å². The summed E-state index contributed by atoms with van der Waals surface area (Å²) in [7, 11) is 0. The van der Waals surface area contributed by atoms with Crippen LogP contribution in [0.3, 0.4) is 0 Å². The van der Waals surface area contributed by atoms with Crippen molar-refractivity contribution in [3.63, 3.8) is 0 Å². The van der Waals surface area contributed by atoms with E-state index in [9.17, 15) is 19.1 Å². The molecule has 3 amide bonds. The van der Waals surface area contributed by atoms with Crippen molar-refractivity contribution in [2.24, 2.45) is 5.73 Å². The van der Waals surface area contributed by atoms with Gasteiger partial charge in [0.05, 0.1) is 28.9 Å². The Morgan fingerprint density at radius 1 is 1.29 bits per heavy atom. The van der Waals surface area contributed by atoms with Crippen molar-refractivity contribution in [1.29, 1.82) is 5.41 Å². The third kappa shape index (κ3) is 4.50. The molecule has 0 bridgehead atoms. The van der Waals surface area contributed by atoms with E-state index in [1.54, 1.807) is 28.9 Å². The van der Waals surface area contributed by atoms with E-state index < -0.39 is 23.8 Å². The number of nitrogens with one attached hydrogen (secondary N) is 2. The number of rotatable bonds is 6. The van der Waals surface area contributed by atoms with E-state index >= 15 is 0 Å². The van der Waals surface area contributed by atoms with Gasteiger partial charge in [-0.2, -0.15) is 5.10 Å². The van der Waals surface area contributed by atoms with Crippen molar-refractivity contribution in [3.8, 4) is 11.3 Å². The molecule has 3 aromatic rings. The molecule has 1 unspecified atom stereocenters. The van der Waals surface area contributed by atoms with E-state index in [1.807, 2.05) is 0 Å². The van der Waals surface area contributed by atoms with Crippen LogP contribution in [0.15, 0.2) is 42.5 Å². The number of fused-ring (bicyclic) bond motifs is 1. The molecule has 0 saturated heterocycles. The maximum atomic E-state index is 13.7. The lowest BCUT2D eigenvalue weighted by molar-refractivity contribution is 0.0996. The van der Waals surface area contributed by atoms with E-state index in [0.717, 1.165) is 0 Å². The van der Waals surface area contributed by atoms with Crippen molar-refractivity contribution in [3.05, 3.63) is 70.1 Å². The van der Waals surface area contributed by atoms with Gasteiger partial charge in [0, 0.05) is 30.6 Å². The first-order valence-corrected chi connectivity index (χ1v) is 10.8. The van der Waals surface area contributed by atoms with E-state index in [4.69, 9.17) is 22.7 Å². The first-order valence-electron chi connectivity index (χ1n) is 10.5. The van der Waals surface area contributed by atoms with Crippen LogP contribution in [-0.2, 0) is 6.54 Å².